The second-order valence-electron chi connectivity index (χ2n) is 4.40. The van der Waals surface area contributed by atoms with Crippen LogP contribution >= 0.6 is 0 Å². The normalized spacial score (nSPS) is 13.9. The van der Waals surface area contributed by atoms with Gasteiger partial charge >= 0.3 is 0 Å². The van der Waals surface area contributed by atoms with Crippen molar-refractivity contribution in [1.29, 1.82) is 0 Å². The molecule has 1 aromatic rings. The van der Waals surface area contributed by atoms with Crippen LogP contribution in [0.5, 0.6) is 0 Å². The third-order valence-corrected chi connectivity index (χ3v) is 2.98. The van der Waals surface area contributed by atoms with Gasteiger partial charge < -0.3 is 10.4 Å². The molecule has 2 heteroatoms. The minimum absolute atomic E-state index is 0.0772. The Hall–Kier alpha value is -1.46. The Labute approximate surface area is 97.7 Å². The van der Waals surface area contributed by atoms with Gasteiger partial charge in [-0.3, -0.25) is 0 Å². The second-order valence-corrected chi connectivity index (χ2v) is 4.40. The van der Waals surface area contributed by atoms with E-state index in [1.54, 1.807) is 0 Å². The van der Waals surface area contributed by atoms with E-state index in [4.69, 9.17) is 6.42 Å². The number of hydrogen-bond acceptors (Lipinski definition) is 2. The molecule has 1 unspecified atom stereocenters. The number of terminal acetylenes is 1. The Morgan fingerprint density at radius 2 is 2.25 bits per heavy atom. The van der Waals surface area contributed by atoms with Gasteiger partial charge in [0.15, 0.2) is 0 Å². The minimum atomic E-state index is -0.0772. The van der Waals surface area contributed by atoms with Gasteiger partial charge in [-0.25, -0.2) is 0 Å². The number of nitrogens with one attached hydrogen (secondary N) is 1. The van der Waals surface area contributed by atoms with E-state index in [0.29, 0.717) is 0 Å². The predicted octanol–water partition coefficient (Wildman–Crippen LogP) is 2.49. The topological polar surface area (TPSA) is 32.3 Å². The maximum atomic E-state index is 9.29. The zero-order valence-corrected chi connectivity index (χ0v) is 9.96. The van der Waals surface area contributed by atoms with Crippen LogP contribution in [0.15, 0.2) is 24.3 Å². The summed E-state index contributed by atoms with van der Waals surface area (Å²) in [4.78, 5) is 0. The van der Waals surface area contributed by atoms with Gasteiger partial charge in [-0.2, -0.15) is 0 Å². The van der Waals surface area contributed by atoms with Crippen molar-refractivity contribution in [3.8, 4) is 12.3 Å². The van der Waals surface area contributed by atoms with Gasteiger partial charge in [-0.05, 0) is 24.6 Å². The molecule has 0 aliphatic heterocycles. The fraction of sp³-hybridized carbons (Fsp3) is 0.429. The van der Waals surface area contributed by atoms with Gasteiger partial charge in [0, 0.05) is 23.2 Å². The number of aliphatic hydroxyl groups is 1. The number of benzene rings is 1. The summed E-state index contributed by atoms with van der Waals surface area (Å²) in [6, 6.07) is 7.75. The number of hydrogen-bond donors (Lipinski definition) is 2. The van der Waals surface area contributed by atoms with Crippen LogP contribution in [-0.4, -0.2) is 18.3 Å². The summed E-state index contributed by atoms with van der Waals surface area (Å²) in [6.45, 7) is 5.07. The van der Waals surface area contributed by atoms with Crippen molar-refractivity contribution in [2.24, 2.45) is 5.41 Å². The molecule has 0 saturated carbocycles. The summed E-state index contributed by atoms with van der Waals surface area (Å²) in [6.07, 6.45) is 6.27. The van der Waals surface area contributed by atoms with E-state index in [0.717, 1.165) is 24.2 Å². The van der Waals surface area contributed by atoms with E-state index in [2.05, 4.69) is 25.1 Å². The Morgan fingerprint density at radius 1 is 1.50 bits per heavy atom. The van der Waals surface area contributed by atoms with Gasteiger partial charge in [0.05, 0.1) is 6.61 Å². The first-order valence-corrected chi connectivity index (χ1v) is 5.55. The molecule has 0 bridgehead atoms. The van der Waals surface area contributed by atoms with Crippen LogP contribution in [-0.2, 0) is 0 Å². The van der Waals surface area contributed by atoms with Crippen molar-refractivity contribution in [3.63, 3.8) is 0 Å². The maximum absolute atomic E-state index is 9.29. The smallest absolute Gasteiger partial charge is 0.0501 e. The van der Waals surface area contributed by atoms with Gasteiger partial charge in [0.1, 0.15) is 0 Å². The summed E-state index contributed by atoms with van der Waals surface area (Å²) in [5.41, 5.74) is 1.79. The predicted molar refractivity (Wildman–Crippen MR) is 68.4 cm³/mol. The summed E-state index contributed by atoms with van der Waals surface area (Å²) < 4.78 is 0. The highest BCUT2D eigenvalue weighted by molar-refractivity contribution is 5.50. The molecule has 86 valence electrons. The van der Waals surface area contributed by atoms with Crippen molar-refractivity contribution in [2.75, 3.05) is 18.5 Å². The number of anilines is 1. The molecule has 0 aliphatic carbocycles. The quantitative estimate of drug-likeness (QED) is 0.743. The molecule has 0 fully saturated rings. The first-order valence-electron chi connectivity index (χ1n) is 5.55. The molecule has 0 saturated heterocycles. The Morgan fingerprint density at radius 3 is 2.81 bits per heavy atom. The third-order valence-electron chi connectivity index (χ3n) is 2.98. The molecule has 0 aromatic heterocycles. The van der Waals surface area contributed by atoms with Gasteiger partial charge in [-0.1, -0.05) is 25.8 Å². The van der Waals surface area contributed by atoms with Crippen LogP contribution in [0.25, 0.3) is 0 Å². The Bertz CT molecular complexity index is 375. The summed E-state index contributed by atoms with van der Waals surface area (Å²) in [5.74, 6) is 2.60. The van der Waals surface area contributed by atoms with Crippen molar-refractivity contribution in [2.45, 2.75) is 20.3 Å². The molecular weight excluding hydrogens is 198 g/mol. The van der Waals surface area contributed by atoms with Crippen LogP contribution < -0.4 is 5.32 Å². The standard InChI is InChI=1S/C14H19NO/c1-4-12-7-6-8-13(9-12)15-10-14(3,5-2)11-16/h1,6-9,15-16H,5,10-11H2,2-3H3. The van der Waals surface area contributed by atoms with Gasteiger partial charge in [-0.15, -0.1) is 6.42 Å². The van der Waals surface area contributed by atoms with E-state index in [9.17, 15) is 5.11 Å². The number of aliphatic hydroxyl groups excluding tert-OH is 1. The van der Waals surface area contributed by atoms with Crippen LogP contribution in [0.1, 0.15) is 25.8 Å². The fourth-order valence-corrected chi connectivity index (χ4v) is 1.33. The van der Waals surface area contributed by atoms with E-state index in [-0.39, 0.29) is 12.0 Å². The third kappa shape index (κ3) is 3.29. The van der Waals surface area contributed by atoms with Crippen molar-refractivity contribution in [1.82, 2.24) is 0 Å². The van der Waals surface area contributed by atoms with Crippen molar-refractivity contribution < 1.29 is 5.11 Å². The van der Waals surface area contributed by atoms with E-state index in [1.165, 1.54) is 0 Å². The minimum Gasteiger partial charge on any atom is -0.396 e. The van der Waals surface area contributed by atoms with Crippen LogP contribution in [0.3, 0.4) is 0 Å². The Balaban J connectivity index is 2.64. The summed E-state index contributed by atoms with van der Waals surface area (Å²) >= 11 is 0. The van der Waals surface area contributed by atoms with E-state index in [1.807, 2.05) is 24.3 Å². The highest BCUT2D eigenvalue weighted by atomic mass is 16.3. The highest BCUT2D eigenvalue weighted by Gasteiger charge is 2.20. The molecular formula is C14H19NO. The molecule has 2 N–H and O–H groups in total. The second kappa shape index (κ2) is 5.58. The average molecular weight is 217 g/mol. The lowest BCUT2D eigenvalue weighted by molar-refractivity contribution is 0.149. The molecule has 1 aromatic carbocycles. The molecule has 0 spiro atoms. The van der Waals surface area contributed by atoms with E-state index < -0.39 is 0 Å². The largest absolute Gasteiger partial charge is 0.396 e. The lowest BCUT2D eigenvalue weighted by Gasteiger charge is -2.26. The maximum Gasteiger partial charge on any atom is 0.0501 e. The average Bonchev–Trinajstić information content (AvgIpc) is 2.36. The summed E-state index contributed by atoms with van der Waals surface area (Å²) in [5, 5.41) is 12.6. The van der Waals surface area contributed by atoms with Crippen LogP contribution in [0.4, 0.5) is 5.69 Å². The molecule has 0 aliphatic rings. The monoisotopic (exact) mass is 217 g/mol. The molecule has 16 heavy (non-hydrogen) atoms. The lowest BCUT2D eigenvalue weighted by atomic mass is 9.88. The molecule has 2 nitrogen and oxygen atoms in total. The molecule has 1 atom stereocenters. The first kappa shape index (κ1) is 12.6. The van der Waals surface area contributed by atoms with Crippen molar-refractivity contribution >= 4 is 5.69 Å². The Kier molecular flexibility index (Phi) is 4.39. The SMILES string of the molecule is C#Cc1cccc(NCC(C)(CC)CO)c1. The van der Waals surface area contributed by atoms with Gasteiger partial charge in [0.2, 0.25) is 0 Å². The van der Waals surface area contributed by atoms with Gasteiger partial charge in [0.25, 0.3) is 0 Å². The van der Waals surface area contributed by atoms with Crippen LogP contribution in [0, 0.1) is 17.8 Å². The lowest BCUT2D eigenvalue weighted by Crippen LogP contribution is -2.29. The van der Waals surface area contributed by atoms with E-state index >= 15 is 0 Å². The molecule has 0 heterocycles. The zero-order valence-electron chi connectivity index (χ0n) is 9.96. The first-order chi connectivity index (χ1) is 7.63. The number of rotatable bonds is 5. The molecule has 0 radical (unpaired) electrons. The molecule has 0 amide bonds. The van der Waals surface area contributed by atoms with Crippen LogP contribution in [0.2, 0.25) is 0 Å². The fourth-order valence-electron chi connectivity index (χ4n) is 1.33. The highest BCUT2D eigenvalue weighted by Crippen LogP contribution is 2.21. The summed E-state index contributed by atoms with van der Waals surface area (Å²) in [7, 11) is 0. The molecule has 1 rings (SSSR count). The van der Waals surface area contributed by atoms with Crippen molar-refractivity contribution in [3.05, 3.63) is 29.8 Å². The zero-order chi connectivity index (χ0) is 12.0.